The van der Waals surface area contributed by atoms with Gasteiger partial charge in [0.15, 0.2) is 0 Å². The van der Waals surface area contributed by atoms with Gasteiger partial charge in [-0.05, 0) is 31.5 Å². The number of hydrogen-bond donors (Lipinski definition) is 3. The van der Waals surface area contributed by atoms with Crippen molar-refractivity contribution in [1.82, 2.24) is 9.97 Å². The normalized spacial score (nSPS) is 12.9. The van der Waals surface area contributed by atoms with Gasteiger partial charge < -0.3 is 20.7 Å². The van der Waals surface area contributed by atoms with Crippen molar-refractivity contribution in [2.24, 2.45) is 0 Å². The van der Waals surface area contributed by atoms with Crippen molar-refractivity contribution in [2.45, 2.75) is 19.4 Å². The van der Waals surface area contributed by atoms with Crippen LogP contribution in [0.2, 0.25) is 0 Å². The number of nitrogens with two attached hydrogens (primary N) is 1. The van der Waals surface area contributed by atoms with Crippen molar-refractivity contribution in [3.8, 4) is 0 Å². The third-order valence-electron chi connectivity index (χ3n) is 2.74. The summed E-state index contributed by atoms with van der Waals surface area (Å²) in [4.78, 5) is 9.67. The Hall–Kier alpha value is -1.75. The van der Waals surface area contributed by atoms with Crippen LogP contribution in [-0.4, -0.2) is 34.8 Å². The van der Waals surface area contributed by atoms with E-state index in [-0.39, 0.29) is 6.10 Å². The summed E-state index contributed by atoms with van der Waals surface area (Å²) in [7, 11) is 1.95. The van der Waals surface area contributed by atoms with Crippen LogP contribution in [-0.2, 0) is 0 Å². The number of aromatic amines is 1. The summed E-state index contributed by atoms with van der Waals surface area (Å²) in [5.41, 5.74) is 8.27. The molecule has 0 amide bonds. The van der Waals surface area contributed by atoms with Crippen LogP contribution in [0.5, 0.6) is 0 Å². The van der Waals surface area contributed by atoms with Crippen molar-refractivity contribution in [3.63, 3.8) is 0 Å². The molecule has 0 bridgehead atoms. The van der Waals surface area contributed by atoms with Gasteiger partial charge in [-0.3, -0.25) is 0 Å². The lowest BCUT2D eigenvalue weighted by molar-refractivity contribution is 0.186. The minimum Gasteiger partial charge on any atom is -0.399 e. The molecular formula is C12H18N4O. The average Bonchev–Trinajstić information content (AvgIpc) is 2.68. The number of benzene rings is 1. The van der Waals surface area contributed by atoms with Crippen LogP contribution in [0.3, 0.4) is 0 Å². The number of aromatic nitrogens is 2. The van der Waals surface area contributed by atoms with Crippen LogP contribution in [0.15, 0.2) is 18.2 Å². The fourth-order valence-corrected chi connectivity index (χ4v) is 1.68. The van der Waals surface area contributed by atoms with E-state index in [1.54, 1.807) is 6.92 Å². The summed E-state index contributed by atoms with van der Waals surface area (Å²) in [5.74, 6) is 0.797. The topological polar surface area (TPSA) is 78.2 Å². The first kappa shape index (κ1) is 11.7. The molecule has 0 aliphatic rings. The lowest BCUT2D eigenvalue weighted by Gasteiger charge is -2.16. The Morgan fingerprint density at radius 2 is 2.29 bits per heavy atom. The van der Waals surface area contributed by atoms with Gasteiger partial charge in [0.1, 0.15) is 0 Å². The first-order valence-corrected chi connectivity index (χ1v) is 5.70. The summed E-state index contributed by atoms with van der Waals surface area (Å²) < 4.78 is 0. The standard InChI is InChI=1S/C12H18N4O/c1-8(17)5-6-16(2)12-14-10-4-3-9(13)7-11(10)15-12/h3-4,7-8,17H,5-6,13H2,1-2H3,(H,14,15). The second-order valence-electron chi connectivity index (χ2n) is 4.40. The Morgan fingerprint density at radius 3 is 3.00 bits per heavy atom. The van der Waals surface area contributed by atoms with Crippen molar-refractivity contribution < 1.29 is 5.11 Å². The van der Waals surface area contributed by atoms with E-state index in [4.69, 9.17) is 5.73 Å². The van der Waals surface area contributed by atoms with Crippen LogP contribution in [0.1, 0.15) is 13.3 Å². The molecule has 1 atom stereocenters. The highest BCUT2D eigenvalue weighted by Gasteiger charge is 2.08. The number of hydrogen-bond acceptors (Lipinski definition) is 4. The Morgan fingerprint density at radius 1 is 1.53 bits per heavy atom. The van der Waals surface area contributed by atoms with E-state index in [1.165, 1.54) is 0 Å². The molecule has 0 fully saturated rings. The molecule has 0 aliphatic heterocycles. The van der Waals surface area contributed by atoms with Gasteiger partial charge in [-0.1, -0.05) is 0 Å². The third-order valence-corrected chi connectivity index (χ3v) is 2.74. The molecule has 5 heteroatoms. The Kier molecular flexibility index (Phi) is 3.19. The highest BCUT2D eigenvalue weighted by molar-refractivity contribution is 5.80. The molecule has 0 saturated carbocycles. The highest BCUT2D eigenvalue weighted by atomic mass is 16.3. The van der Waals surface area contributed by atoms with Crippen LogP contribution in [0, 0.1) is 0 Å². The maximum atomic E-state index is 9.25. The summed E-state index contributed by atoms with van der Waals surface area (Å²) in [5, 5.41) is 9.25. The third kappa shape index (κ3) is 2.68. The maximum absolute atomic E-state index is 9.25. The van der Waals surface area contributed by atoms with Crippen LogP contribution in [0.4, 0.5) is 11.6 Å². The monoisotopic (exact) mass is 234 g/mol. The number of nitrogens with zero attached hydrogens (tertiary/aromatic N) is 2. The number of rotatable bonds is 4. The first-order valence-electron chi connectivity index (χ1n) is 5.70. The van der Waals surface area contributed by atoms with Crippen LogP contribution < -0.4 is 10.6 Å². The maximum Gasteiger partial charge on any atom is 0.203 e. The molecule has 1 unspecified atom stereocenters. The number of aliphatic hydroxyl groups excluding tert-OH is 1. The Bertz CT molecular complexity index is 506. The van der Waals surface area contributed by atoms with Gasteiger partial charge in [-0.2, -0.15) is 0 Å². The molecule has 4 N–H and O–H groups in total. The number of fused-ring (bicyclic) bond motifs is 1. The molecule has 92 valence electrons. The minimum atomic E-state index is -0.294. The average molecular weight is 234 g/mol. The Balaban J connectivity index is 2.18. The van der Waals surface area contributed by atoms with Crippen molar-refractivity contribution in [1.29, 1.82) is 0 Å². The first-order chi connectivity index (χ1) is 8.06. The molecule has 0 aliphatic carbocycles. The molecule has 2 rings (SSSR count). The zero-order chi connectivity index (χ0) is 12.4. The van der Waals surface area contributed by atoms with Gasteiger partial charge >= 0.3 is 0 Å². The van der Waals surface area contributed by atoms with E-state index >= 15 is 0 Å². The molecule has 1 aromatic carbocycles. The fourth-order valence-electron chi connectivity index (χ4n) is 1.68. The van der Waals surface area contributed by atoms with Crippen LogP contribution >= 0.6 is 0 Å². The van der Waals surface area contributed by atoms with Gasteiger partial charge in [0.05, 0.1) is 17.1 Å². The van der Waals surface area contributed by atoms with Gasteiger partial charge in [-0.25, -0.2) is 4.98 Å². The van der Waals surface area contributed by atoms with E-state index in [2.05, 4.69) is 9.97 Å². The zero-order valence-electron chi connectivity index (χ0n) is 10.1. The second kappa shape index (κ2) is 4.63. The molecule has 0 spiro atoms. The van der Waals surface area contributed by atoms with E-state index in [9.17, 15) is 5.11 Å². The SMILES string of the molecule is CC(O)CCN(C)c1nc2ccc(N)cc2[nH]1. The lowest BCUT2D eigenvalue weighted by Crippen LogP contribution is -2.22. The lowest BCUT2D eigenvalue weighted by atomic mass is 10.3. The zero-order valence-corrected chi connectivity index (χ0v) is 10.1. The highest BCUT2D eigenvalue weighted by Crippen LogP contribution is 2.19. The van der Waals surface area contributed by atoms with Crippen molar-refractivity contribution >= 4 is 22.7 Å². The molecular weight excluding hydrogens is 216 g/mol. The molecule has 2 aromatic rings. The molecule has 5 nitrogen and oxygen atoms in total. The summed E-state index contributed by atoms with van der Waals surface area (Å²) in [6.07, 6.45) is 0.424. The predicted octanol–water partition coefficient (Wildman–Crippen LogP) is 1.35. The Labute approximate surface area is 100 Å². The molecule has 0 saturated heterocycles. The van der Waals surface area contributed by atoms with Crippen molar-refractivity contribution in [3.05, 3.63) is 18.2 Å². The number of imidazole rings is 1. The number of anilines is 2. The number of nitrogen functional groups attached to an aromatic ring is 1. The van der Waals surface area contributed by atoms with Gasteiger partial charge in [0.25, 0.3) is 0 Å². The van der Waals surface area contributed by atoms with E-state index in [1.807, 2.05) is 30.1 Å². The summed E-state index contributed by atoms with van der Waals surface area (Å²) >= 11 is 0. The smallest absolute Gasteiger partial charge is 0.203 e. The predicted molar refractivity (Wildman–Crippen MR) is 70.1 cm³/mol. The molecule has 17 heavy (non-hydrogen) atoms. The van der Waals surface area contributed by atoms with Crippen LogP contribution in [0.25, 0.3) is 11.0 Å². The fraction of sp³-hybridized carbons (Fsp3) is 0.417. The number of H-pyrrole nitrogens is 1. The summed E-state index contributed by atoms with van der Waals surface area (Å²) in [6, 6.07) is 5.60. The van der Waals surface area contributed by atoms with Gasteiger partial charge in [0.2, 0.25) is 5.95 Å². The second-order valence-corrected chi connectivity index (χ2v) is 4.40. The minimum absolute atomic E-state index is 0.294. The molecule has 1 heterocycles. The molecule has 1 aromatic heterocycles. The quantitative estimate of drug-likeness (QED) is 0.698. The number of nitrogens with one attached hydrogen (secondary N) is 1. The molecule has 0 radical (unpaired) electrons. The van der Waals surface area contributed by atoms with E-state index < -0.39 is 0 Å². The van der Waals surface area contributed by atoms with Crippen molar-refractivity contribution in [2.75, 3.05) is 24.2 Å². The van der Waals surface area contributed by atoms with Gasteiger partial charge in [0, 0.05) is 19.3 Å². The van der Waals surface area contributed by atoms with Gasteiger partial charge in [-0.15, -0.1) is 0 Å². The largest absolute Gasteiger partial charge is 0.399 e. The van der Waals surface area contributed by atoms with E-state index in [0.29, 0.717) is 0 Å². The van der Waals surface area contributed by atoms with E-state index in [0.717, 1.165) is 35.6 Å². The number of aliphatic hydroxyl groups is 1. The summed E-state index contributed by atoms with van der Waals surface area (Å²) in [6.45, 7) is 2.54.